The molecule has 416 valence electrons. The van der Waals surface area contributed by atoms with Crippen molar-refractivity contribution in [1.29, 1.82) is 0 Å². The van der Waals surface area contributed by atoms with Gasteiger partial charge in [-0.25, -0.2) is 0 Å². The van der Waals surface area contributed by atoms with Crippen molar-refractivity contribution in [2.45, 2.75) is 235 Å². The second kappa shape index (κ2) is 22.6. The van der Waals surface area contributed by atoms with Gasteiger partial charge in [-0.05, 0) is 84.9 Å². The van der Waals surface area contributed by atoms with Gasteiger partial charge in [0.25, 0.3) is 0 Å². The van der Waals surface area contributed by atoms with Gasteiger partial charge in [-0.2, -0.15) is 0 Å². The van der Waals surface area contributed by atoms with Crippen LogP contribution in [0, 0.1) is 12.8 Å². The lowest BCUT2D eigenvalue weighted by Gasteiger charge is -2.46. The maximum Gasteiger partial charge on any atom is 0.202 e. The third kappa shape index (κ3) is 11.5. The third-order valence-electron chi connectivity index (χ3n) is 15.6. The number of phenolic OH excluding ortho intramolecular Hbond substituents is 2. The summed E-state index contributed by atoms with van der Waals surface area (Å²) in [6.45, 7) is 12.1. The van der Waals surface area contributed by atoms with Crippen molar-refractivity contribution in [3.05, 3.63) is 28.8 Å². The lowest BCUT2D eigenvalue weighted by atomic mass is 9.75. The molecule has 2 aromatic rings. The van der Waals surface area contributed by atoms with Crippen LogP contribution in [-0.2, 0) is 58.6 Å². The summed E-state index contributed by atoms with van der Waals surface area (Å²) in [5, 5.41) is 110. The number of aliphatic hydroxyl groups is 8. The quantitative estimate of drug-likeness (QED) is 0.122. The van der Waals surface area contributed by atoms with Gasteiger partial charge in [-0.15, -0.1) is 0 Å². The van der Waals surface area contributed by atoms with Crippen LogP contribution in [0.15, 0.2) is 12.1 Å². The van der Waals surface area contributed by atoms with Gasteiger partial charge in [0.05, 0.1) is 77.6 Å². The number of aliphatic hydroxyl groups excluding tert-OH is 7. The Morgan fingerprint density at radius 3 is 1.70 bits per heavy atom. The second-order valence-electron chi connectivity index (χ2n) is 21.2. The van der Waals surface area contributed by atoms with E-state index in [-0.39, 0.29) is 71.7 Å². The average molecular weight is 1060 g/mol. The molecule has 0 saturated carbocycles. The van der Waals surface area contributed by atoms with E-state index in [1.54, 1.807) is 40.7 Å². The Morgan fingerprint density at radius 2 is 1.18 bits per heavy atom. The topological polar surface area (TPSA) is 338 Å². The Balaban J connectivity index is 1.03. The fourth-order valence-electron chi connectivity index (χ4n) is 11.2. The number of carbonyl (C=O) groups excluding carboxylic acids is 2. The molecule has 5 saturated heterocycles. The van der Waals surface area contributed by atoms with Gasteiger partial charge in [0.2, 0.25) is 6.29 Å². The van der Waals surface area contributed by atoms with E-state index >= 15 is 0 Å². The van der Waals surface area contributed by atoms with Crippen LogP contribution < -0.4 is 4.74 Å². The summed E-state index contributed by atoms with van der Waals surface area (Å²) in [5.41, 5.74) is -1.31. The van der Waals surface area contributed by atoms with E-state index < -0.39 is 170 Å². The average Bonchev–Trinajstić information content (AvgIpc) is 3.32. The highest BCUT2D eigenvalue weighted by atomic mass is 16.7. The molecule has 0 aromatic heterocycles. The van der Waals surface area contributed by atoms with Crippen molar-refractivity contribution >= 4 is 22.3 Å². The fraction of sp³-hybridized carbons (Fsp3) is 0.765. The predicted molar refractivity (Wildman–Crippen MR) is 253 cm³/mol. The van der Waals surface area contributed by atoms with Gasteiger partial charge >= 0.3 is 0 Å². The highest BCUT2D eigenvalue weighted by Crippen LogP contribution is 2.48. The van der Waals surface area contributed by atoms with Crippen LogP contribution in [0.2, 0.25) is 0 Å². The van der Waals surface area contributed by atoms with Crippen LogP contribution in [0.1, 0.15) is 102 Å². The first-order valence-corrected chi connectivity index (χ1v) is 25.4. The molecule has 1 aliphatic carbocycles. The molecule has 6 aliphatic rings. The molecule has 74 heavy (non-hydrogen) atoms. The monoisotopic (exact) mass is 1050 g/mol. The van der Waals surface area contributed by atoms with Gasteiger partial charge in [0.1, 0.15) is 60.0 Å². The summed E-state index contributed by atoms with van der Waals surface area (Å²) < 4.78 is 66.6. The molecule has 10 N–H and O–H groups in total. The summed E-state index contributed by atoms with van der Waals surface area (Å²) in [5.74, 6) is -3.42. The zero-order chi connectivity index (χ0) is 54.0. The lowest BCUT2D eigenvalue weighted by molar-refractivity contribution is -0.334. The Labute approximate surface area is 428 Å². The molecule has 0 spiro atoms. The highest BCUT2D eigenvalue weighted by Gasteiger charge is 2.51. The SMILES string of the molecule is COC(C(O)C(C)=O)[C@@H]1Cc2cc3cc(OC4CC(OC5CC(O)C(O)C(C)O5)C(O)C(C)O4)c(C)c(O)c3c(O)c2C(=O)[C@H]1OC1CC(OC2CC(OC3CC(C)(O)C(O)C(C)O3)C(O)C(C)O2)C(O)C(C)O1. The molecule has 22 unspecified atom stereocenters. The van der Waals surface area contributed by atoms with Gasteiger partial charge in [0.15, 0.2) is 36.7 Å². The number of aromatic hydroxyl groups is 2. The van der Waals surface area contributed by atoms with E-state index in [0.717, 1.165) is 6.92 Å². The highest BCUT2D eigenvalue weighted by molar-refractivity contribution is 6.11. The van der Waals surface area contributed by atoms with Crippen LogP contribution in [0.3, 0.4) is 0 Å². The molecule has 8 rings (SSSR count). The molecule has 5 heterocycles. The molecule has 23 nitrogen and oxygen atoms in total. The zero-order valence-corrected chi connectivity index (χ0v) is 43.0. The second-order valence-corrected chi connectivity index (χ2v) is 21.2. The minimum absolute atomic E-state index is 0.0165. The molecule has 2 aromatic carbocycles. The predicted octanol–water partition coefficient (Wildman–Crippen LogP) is 0.390. The van der Waals surface area contributed by atoms with Crippen LogP contribution in [-0.4, -0.2) is 211 Å². The molecule has 0 radical (unpaired) electrons. The van der Waals surface area contributed by atoms with E-state index in [2.05, 4.69) is 0 Å². The van der Waals surface area contributed by atoms with Crippen LogP contribution in [0.25, 0.3) is 10.8 Å². The van der Waals surface area contributed by atoms with Crippen molar-refractivity contribution in [3.8, 4) is 17.2 Å². The number of ketones is 2. The summed E-state index contributed by atoms with van der Waals surface area (Å²) in [6, 6.07) is 3.11. The molecular formula is C51H74O23. The number of Topliss-reactive ketones (excluding diaryl/α,β-unsaturated/α-hetero) is 2. The standard InChI is InChI=1S/C51H74O23/c1-18-29(70-34-14-30(43(57)21(4)66-34)71-33-13-28(53)42(56)20(3)65-33)12-26-10-25-11-27(48(64-9)41(55)19(2)52)49(47(61)39(25)46(60)38(26)40(18)54)74-36-16-31(44(58)23(6)68-36)72-35-15-32(45(59)22(5)67-35)73-37-17-51(8,63)50(62)24(7)69-37/h10,12,20-24,27-28,30-37,41-45,48-50,53-60,62-63H,11,13-17H2,1-9H3/t20?,21?,22?,23?,24?,27-,28?,30?,31?,32?,33?,34?,35?,36?,37?,41?,42?,43?,44?,45?,48?,49-,50?,51?/m0/s1. The molecule has 0 amide bonds. The third-order valence-corrected chi connectivity index (χ3v) is 15.6. The smallest absolute Gasteiger partial charge is 0.202 e. The van der Waals surface area contributed by atoms with Gasteiger partial charge in [-0.1, -0.05) is 0 Å². The van der Waals surface area contributed by atoms with E-state index in [1.165, 1.54) is 27.0 Å². The lowest BCUT2D eigenvalue weighted by Crippen LogP contribution is -2.58. The van der Waals surface area contributed by atoms with Gasteiger partial charge in [0, 0.05) is 50.7 Å². The Bertz CT molecular complexity index is 2300. The Morgan fingerprint density at radius 1 is 0.689 bits per heavy atom. The van der Waals surface area contributed by atoms with Gasteiger partial charge in [-0.3, -0.25) is 9.59 Å². The number of methoxy groups -OCH3 is 1. The summed E-state index contributed by atoms with van der Waals surface area (Å²) in [6.07, 6.45) is -24.2. The maximum atomic E-state index is 14.9. The first-order valence-electron chi connectivity index (χ1n) is 25.4. The number of benzene rings is 2. The van der Waals surface area contributed by atoms with Crippen molar-refractivity contribution < 1.29 is 113 Å². The Hall–Kier alpha value is -3.28. The van der Waals surface area contributed by atoms with E-state index in [1.807, 2.05) is 0 Å². The zero-order valence-electron chi connectivity index (χ0n) is 43.0. The summed E-state index contributed by atoms with van der Waals surface area (Å²) in [4.78, 5) is 27.7. The molecule has 23 heteroatoms. The van der Waals surface area contributed by atoms with Crippen LogP contribution in [0.4, 0.5) is 0 Å². The van der Waals surface area contributed by atoms with E-state index in [4.69, 9.17) is 52.1 Å². The fourth-order valence-corrected chi connectivity index (χ4v) is 11.2. The molecule has 0 bridgehead atoms. The molecule has 24 atom stereocenters. The number of phenols is 2. The minimum atomic E-state index is -1.72. The van der Waals surface area contributed by atoms with E-state index in [0.29, 0.717) is 0 Å². The normalized spacial score (nSPS) is 42.9. The first kappa shape index (κ1) is 56.9. The number of ether oxygens (including phenoxy) is 11. The first-order chi connectivity index (χ1) is 34.8. The maximum absolute atomic E-state index is 14.9. The number of carbonyl (C=O) groups is 2. The Kier molecular flexibility index (Phi) is 17.4. The molecule has 5 aliphatic heterocycles. The van der Waals surface area contributed by atoms with Crippen molar-refractivity contribution in [3.63, 3.8) is 0 Å². The van der Waals surface area contributed by atoms with Crippen LogP contribution in [0.5, 0.6) is 17.2 Å². The number of fused-ring (bicyclic) bond motifs is 2. The van der Waals surface area contributed by atoms with Crippen molar-refractivity contribution in [2.75, 3.05) is 7.11 Å². The van der Waals surface area contributed by atoms with Crippen LogP contribution >= 0.6 is 0 Å². The number of hydrogen-bond acceptors (Lipinski definition) is 23. The minimum Gasteiger partial charge on any atom is -0.507 e. The largest absolute Gasteiger partial charge is 0.507 e. The number of rotatable bonds is 14. The molecule has 5 fully saturated rings. The molecular weight excluding hydrogens is 981 g/mol. The van der Waals surface area contributed by atoms with Gasteiger partial charge < -0.3 is 103 Å². The van der Waals surface area contributed by atoms with Crippen molar-refractivity contribution in [2.24, 2.45) is 5.92 Å². The summed E-state index contributed by atoms with van der Waals surface area (Å²) >= 11 is 0. The number of hydrogen-bond donors (Lipinski definition) is 10. The van der Waals surface area contributed by atoms with E-state index in [9.17, 15) is 60.7 Å². The van der Waals surface area contributed by atoms with Crippen molar-refractivity contribution in [1.82, 2.24) is 0 Å². The summed E-state index contributed by atoms with van der Waals surface area (Å²) in [7, 11) is 1.26.